The summed E-state index contributed by atoms with van der Waals surface area (Å²) in [6.45, 7) is 8.79. The van der Waals surface area contributed by atoms with Crippen molar-refractivity contribution in [2.75, 3.05) is 13.1 Å². The number of hydrogen-bond donors (Lipinski definition) is 1. The predicted molar refractivity (Wildman–Crippen MR) is 105 cm³/mol. The molecule has 1 N–H and O–H groups in total. The van der Waals surface area contributed by atoms with E-state index < -0.39 is 21.5 Å². The molecule has 0 bridgehead atoms. The summed E-state index contributed by atoms with van der Waals surface area (Å²) in [7, 11) is -3.68. The topological polar surface area (TPSA) is 69.7 Å². The number of sulfonamides is 1. The highest BCUT2D eigenvalue weighted by atomic mass is 32.2. The number of piperidine rings is 1. The van der Waals surface area contributed by atoms with Gasteiger partial charge in [0.2, 0.25) is 15.9 Å². The van der Waals surface area contributed by atoms with Gasteiger partial charge in [-0.05, 0) is 56.4 Å². The van der Waals surface area contributed by atoms with E-state index in [1.807, 2.05) is 25.7 Å². The van der Waals surface area contributed by atoms with Gasteiger partial charge in [-0.2, -0.15) is 4.31 Å². The number of rotatable bonds is 5. The normalized spacial score (nSPS) is 24.3. The standard InChI is InChI=1S/C20H30FN3O3S/c1-5-15(4)24-19(25)18(14(2)3)22-20(24)10-12-23(13-11-20)28(26,27)17-8-6-16(21)7-9-17/h6-9,14-15,18,22H,5,10-13H2,1-4H3. The quantitative estimate of drug-likeness (QED) is 0.809. The average Bonchev–Trinajstić information content (AvgIpc) is 2.94. The Kier molecular flexibility index (Phi) is 5.85. The third-order valence-electron chi connectivity index (χ3n) is 6.09. The zero-order chi connectivity index (χ0) is 20.7. The molecule has 156 valence electrons. The van der Waals surface area contributed by atoms with Gasteiger partial charge in [-0.3, -0.25) is 10.1 Å². The zero-order valence-electron chi connectivity index (χ0n) is 17.0. The Morgan fingerprint density at radius 3 is 2.25 bits per heavy atom. The van der Waals surface area contributed by atoms with Crippen LogP contribution in [0.4, 0.5) is 4.39 Å². The van der Waals surface area contributed by atoms with Gasteiger partial charge >= 0.3 is 0 Å². The van der Waals surface area contributed by atoms with Crippen LogP contribution >= 0.6 is 0 Å². The van der Waals surface area contributed by atoms with E-state index in [1.165, 1.54) is 16.4 Å². The number of amides is 1. The van der Waals surface area contributed by atoms with Crippen LogP contribution in [0, 0.1) is 11.7 Å². The molecule has 0 aromatic heterocycles. The predicted octanol–water partition coefficient (Wildman–Crippen LogP) is 2.56. The monoisotopic (exact) mass is 411 g/mol. The lowest BCUT2D eigenvalue weighted by atomic mass is 9.95. The fourth-order valence-electron chi connectivity index (χ4n) is 4.29. The lowest BCUT2D eigenvalue weighted by molar-refractivity contribution is -0.136. The van der Waals surface area contributed by atoms with E-state index in [-0.39, 0.29) is 28.8 Å². The van der Waals surface area contributed by atoms with Gasteiger partial charge in [0.15, 0.2) is 0 Å². The highest BCUT2D eigenvalue weighted by Gasteiger charge is 2.54. The molecule has 0 aliphatic carbocycles. The minimum Gasteiger partial charge on any atom is -0.320 e. The van der Waals surface area contributed by atoms with Crippen molar-refractivity contribution in [2.24, 2.45) is 5.92 Å². The summed E-state index contributed by atoms with van der Waals surface area (Å²) in [5, 5.41) is 3.55. The van der Waals surface area contributed by atoms with Crippen LogP contribution in [-0.4, -0.2) is 54.4 Å². The average molecular weight is 412 g/mol. The molecule has 2 aliphatic rings. The van der Waals surface area contributed by atoms with Crippen LogP contribution < -0.4 is 5.32 Å². The number of carbonyl (C=O) groups excluding carboxylic acids is 1. The first-order valence-corrected chi connectivity index (χ1v) is 11.4. The van der Waals surface area contributed by atoms with Crippen LogP contribution in [0.2, 0.25) is 0 Å². The summed E-state index contributed by atoms with van der Waals surface area (Å²) in [6.07, 6.45) is 1.91. The highest BCUT2D eigenvalue weighted by Crippen LogP contribution is 2.37. The summed E-state index contributed by atoms with van der Waals surface area (Å²) < 4.78 is 40.4. The Hall–Kier alpha value is -1.51. The van der Waals surface area contributed by atoms with Crippen LogP contribution in [0.5, 0.6) is 0 Å². The van der Waals surface area contributed by atoms with Crippen LogP contribution in [0.25, 0.3) is 0 Å². The molecule has 2 saturated heterocycles. The maximum absolute atomic E-state index is 13.2. The van der Waals surface area contributed by atoms with Crippen molar-refractivity contribution in [3.63, 3.8) is 0 Å². The molecular weight excluding hydrogens is 381 g/mol. The minimum atomic E-state index is -3.68. The maximum Gasteiger partial charge on any atom is 0.243 e. The van der Waals surface area contributed by atoms with Gasteiger partial charge < -0.3 is 4.90 Å². The number of nitrogens with zero attached hydrogens (tertiary/aromatic N) is 2. The van der Waals surface area contributed by atoms with Gasteiger partial charge in [0.1, 0.15) is 5.82 Å². The summed E-state index contributed by atoms with van der Waals surface area (Å²) in [6, 6.07) is 4.76. The van der Waals surface area contributed by atoms with Gasteiger partial charge in [-0.15, -0.1) is 0 Å². The van der Waals surface area contributed by atoms with Crippen LogP contribution in [-0.2, 0) is 14.8 Å². The Bertz CT molecular complexity index is 818. The van der Waals surface area contributed by atoms with E-state index in [2.05, 4.69) is 12.2 Å². The number of nitrogens with one attached hydrogen (secondary N) is 1. The second-order valence-electron chi connectivity index (χ2n) is 8.22. The molecule has 2 fully saturated rings. The number of halogens is 1. The molecule has 0 radical (unpaired) electrons. The largest absolute Gasteiger partial charge is 0.320 e. The molecule has 1 aromatic rings. The molecule has 2 heterocycles. The van der Waals surface area contributed by atoms with Gasteiger partial charge in [-0.25, -0.2) is 12.8 Å². The van der Waals surface area contributed by atoms with Crippen molar-refractivity contribution in [3.8, 4) is 0 Å². The van der Waals surface area contributed by atoms with Crippen molar-refractivity contribution in [3.05, 3.63) is 30.1 Å². The molecule has 1 spiro atoms. The Labute approximate surface area is 167 Å². The van der Waals surface area contributed by atoms with E-state index in [0.717, 1.165) is 18.6 Å². The number of carbonyl (C=O) groups is 1. The molecule has 6 nitrogen and oxygen atoms in total. The summed E-state index contributed by atoms with van der Waals surface area (Å²) in [5.41, 5.74) is -0.504. The molecule has 0 saturated carbocycles. The lowest BCUT2D eigenvalue weighted by Crippen LogP contribution is -2.61. The van der Waals surface area contributed by atoms with Gasteiger partial charge in [0.05, 0.1) is 16.6 Å². The Balaban J connectivity index is 1.82. The molecule has 3 rings (SSSR count). The van der Waals surface area contributed by atoms with Gasteiger partial charge in [-0.1, -0.05) is 20.8 Å². The van der Waals surface area contributed by atoms with Crippen molar-refractivity contribution in [1.82, 2.24) is 14.5 Å². The second-order valence-corrected chi connectivity index (χ2v) is 10.2. The van der Waals surface area contributed by atoms with Crippen molar-refractivity contribution in [1.29, 1.82) is 0 Å². The van der Waals surface area contributed by atoms with E-state index in [9.17, 15) is 17.6 Å². The first kappa shape index (κ1) is 21.2. The third kappa shape index (κ3) is 3.57. The Morgan fingerprint density at radius 1 is 1.18 bits per heavy atom. The van der Waals surface area contributed by atoms with Gasteiger partial charge in [0, 0.05) is 19.1 Å². The fraction of sp³-hybridized carbons (Fsp3) is 0.650. The minimum absolute atomic E-state index is 0.0870. The zero-order valence-corrected chi connectivity index (χ0v) is 17.8. The smallest absolute Gasteiger partial charge is 0.243 e. The second kappa shape index (κ2) is 7.72. The van der Waals surface area contributed by atoms with Crippen molar-refractivity contribution < 1.29 is 17.6 Å². The molecule has 1 amide bonds. The Morgan fingerprint density at radius 2 is 1.75 bits per heavy atom. The molecule has 8 heteroatoms. The SMILES string of the molecule is CCC(C)N1C(=O)C(C(C)C)NC12CCN(S(=O)(=O)c1ccc(F)cc1)CC2. The molecule has 2 aliphatic heterocycles. The lowest BCUT2D eigenvalue weighted by Gasteiger charge is -2.46. The van der Waals surface area contributed by atoms with Crippen LogP contribution in [0.15, 0.2) is 29.2 Å². The first-order chi connectivity index (χ1) is 13.1. The maximum atomic E-state index is 13.2. The van der Waals surface area contributed by atoms with E-state index >= 15 is 0 Å². The molecular formula is C20H30FN3O3S. The number of benzene rings is 1. The van der Waals surface area contributed by atoms with E-state index in [4.69, 9.17) is 0 Å². The fourth-order valence-corrected chi connectivity index (χ4v) is 5.73. The molecule has 2 unspecified atom stereocenters. The van der Waals surface area contributed by atoms with Crippen molar-refractivity contribution in [2.45, 2.75) is 69.6 Å². The third-order valence-corrected chi connectivity index (χ3v) is 8.00. The number of hydrogen-bond acceptors (Lipinski definition) is 4. The van der Waals surface area contributed by atoms with Crippen LogP contribution in [0.1, 0.15) is 47.0 Å². The highest BCUT2D eigenvalue weighted by molar-refractivity contribution is 7.89. The first-order valence-electron chi connectivity index (χ1n) is 9.99. The summed E-state index contributed by atoms with van der Waals surface area (Å²) >= 11 is 0. The van der Waals surface area contributed by atoms with E-state index in [0.29, 0.717) is 25.9 Å². The molecule has 2 atom stereocenters. The van der Waals surface area contributed by atoms with Gasteiger partial charge in [0.25, 0.3) is 0 Å². The summed E-state index contributed by atoms with van der Waals surface area (Å²) in [5.74, 6) is -0.187. The molecule has 1 aromatic carbocycles. The summed E-state index contributed by atoms with van der Waals surface area (Å²) in [4.78, 5) is 15.1. The van der Waals surface area contributed by atoms with Crippen molar-refractivity contribution >= 4 is 15.9 Å². The van der Waals surface area contributed by atoms with Crippen LogP contribution in [0.3, 0.4) is 0 Å². The molecule has 28 heavy (non-hydrogen) atoms. The van der Waals surface area contributed by atoms with E-state index in [1.54, 1.807) is 0 Å².